The molecule has 8 heteroatoms. The van der Waals surface area contributed by atoms with Gasteiger partial charge >= 0.3 is 0 Å². The summed E-state index contributed by atoms with van der Waals surface area (Å²) in [5, 5.41) is 3.27. The first-order valence-corrected chi connectivity index (χ1v) is 16.2. The fourth-order valence-corrected chi connectivity index (χ4v) is 7.62. The lowest BCUT2D eigenvalue weighted by atomic mass is 9.89. The van der Waals surface area contributed by atoms with E-state index in [0.717, 1.165) is 65.2 Å². The summed E-state index contributed by atoms with van der Waals surface area (Å²) in [7, 11) is 1.75. The lowest BCUT2D eigenvalue weighted by Gasteiger charge is -2.26. The molecule has 3 aliphatic rings. The van der Waals surface area contributed by atoms with Gasteiger partial charge in [0.25, 0.3) is 5.91 Å². The van der Waals surface area contributed by atoms with Gasteiger partial charge in [-0.1, -0.05) is 19.3 Å². The van der Waals surface area contributed by atoms with Crippen molar-refractivity contribution in [3.05, 3.63) is 41.1 Å². The summed E-state index contributed by atoms with van der Waals surface area (Å²) in [6.07, 6.45) is 9.86. The van der Waals surface area contributed by atoms with E-state index in [-0.39, 0.29) is 17.5 Å². The van der Waals surface area contributed by atoms with Gasteiger partial charge in [0, 0.05) is 49.9 Å². The molecule has 1 aromatic carbocycles. The Balaban J connectivity index is 1.54. The molecule has 1 amide bonds. The second-order valence-corrected chi connectivity index (χ2v) is 14.2. The number of amides is 1. The number of methoxy groups -OCH3 is 1. The molecule has 2 aliphatic carbocycles. The van der Waals surface area contributed by atoms with Gasteiger partial charge in [0.2, 0.25) is 0 Å². The number of aromatic nitrogens is 1. The van der Waals surface area contributed by atoms with E-state index in [0.29, 0.717) is 19.1 Å². The number of nitrogens with zero attached hydrogens (tertiary/aromatic N) is 1. The van der Waals surface area contributed by atoms with E-state index in [1.807, 2.05) is 26.8 Å². The highest BCUT2D eigenvalue weighted by Gasteiger charge is 2.49. The van der Waals surface area contributed by atoms with E-state index in [1.165, 1.54) is 32.1 Å². The van der Waals surface area contributed by atoms with Crippen molar-refractivity contribution >= 4 is 17.3 Å². The average molecular weight is 570 g/mol. The number of carbonyl (C=O) groups is 1. The highest BCUT2D eigenvalue weighted by molar-refractivity contribution is 7.89. The minimum absolute atomic E-state index is 0.00377. The largest absolute Gasteiger partial charge is 0.593 e. The summed E-state index contributed by atoms with van der Waals surface area (Å²) < 4.78 is 30.6. The van der Waals surface area contributed by atoms with E-state index in [9.17, 15) is 9.35 Å². The number of benzene rings is 1. The lowest BCUT2D eigenvalue weighted by molar-refractivity contribution is 0.0696. The smallest absolute Gasteiger partial charge is 0.253 e. The molecule has 5 rings (SSSR count). The van der Waals surface area contributed by atoms with Crippen molar-refractivity contribution in [2.75, 3.05) is 20.3 Å². The Morgan fingerprint density at radius 2 is 1.82 bits per heavy atom. The third-order valence-electron chi connectivity index (χ3n) is 8.79. The van der Waals surface area contributed by atoms with Gasteiger partial charge in [-0.25, -0.2) is 0 Å². The second kappa shape index (κ2) is 12.2. The summed E-state index contributed by atoms with van der Waals surface area (Å²) in [4.78, 5) is 14.3. The Bertz CT molecular complexity index is 1190. The van der Waals surface area contributed by atoms with Crippen LogP contribution in [-0.4, -0.2) is 46.9 Å². The molecule has 3 fully saturated rings. The molecule has 1 unspecified atom stereocenters. The van der Waals surface area contributed by atoms with Crippen LogP contribution in [0.5, 0.6) is 0 Å². The Labute approximate surface area is 243 Å². The summed E-state index contributed by atoms with van der Waals surface area (Å²) in [6, 6.07) is 8.45. The molecule has 2 aromatic rings. The first kappa shape index (κ1) is 29.6. The van der Waals surface area contributed by atoms with Crippen LogP contribution < -0.4 is 10.0 Å². The molecule has 0 radical (unpaired) electrons. The highest BCUT2D eigenvalue weighted by Crippen LogP contribution is 2.51. The zero-order valence-electron chi connectivity index (χ0n) is 24.9. The summed E-state index contributed by atoms with van der Waals surface area (Å²) in [5.41, 5.74) is 4.14. The van der Waals surface area contributed by atoms with Gasteiger partial charge in [0.15, 0.2) is 4.90 Å². The molecule has 2 heterocycles. The minimum Gasteiger partial charge on any atom is -0.593 e. The number of hydrogen-bond acceptors (Lipinski definition) is 5. The van der Waals surface area contributed by atoms with Crippen LogP contribution in [0.1, 0.15) is 100 Å². The van der Waals surface area contributed by atoms with Gasteiger partial charge in [-0.15, -0.1) is 4.72 Å². The minimum atomic E-state index is -1.37. The molecule has 0 spiro atoms. The van der Waals surface area contributed by atoms with E-state index in [4.69, 9.17) is 9.47 Å². The monoisotopic (exact) mass is 569 g/mol. The Hall–Kier alpha value is -1.84. The van der Waals surface area contributed by atoms with Crippen molar-refractivity contribution in [2.45, 2.75) is 114 Å². The van der Waals surface area contributed by atoms with Gasteiger partial charge in [-0.3, -0.25) is 4.79 Å². The molecule has 220 valence electrons. The topological polar surface area (TPSA) is 87.6 Å². The van der Waals surface area contributed by atoms with Crippen LogP contribution in [0.15, 0.2) is 29.2 Å². The van der Waals surface area contributed by atoms with Crippen LogP contribution in [-0.2, 0) is 33.0 Å². The van der Waals surface area contributed by atoms with Gasteiger partial charge < -0.3 is 23.9 Å². The first-order chi connectivity index (χ1) is 19.1. The van der Waals surface area contributed by atoms with E-state index < -0.39 is 17.0 Å². The normalized spacial score (nSPS) is 20.9. The van der Waals surface area contributed by atoms with Crippen LogP contribution in [0.3, 0.4) is 0 Å². The Morgan fingerprint density at radius 1 is 1.12 bits per heavy atom. The predicted octanol–water partition coefficient (Wildman–Crippen LogP) is 6.00. The van der Waals surface area contributed by atoms with Crippen molar-refractivity contribution in [1.29, 1.82) is 0 Å². The van der Waals surface area contributed by atoms with Gasteiger partial charge in [0.1, 0.15) is 0 Å². The molecule has 0 bridgehead atoms. The van der Waals surface area contributed by atoms with Crippen LogP contribution in [0, 0.1) is 12.8 Å². The van der Waals surface area contributed by atoms with Crippen molar-refractivity contribution < 1.29 is 18.8 Å². The number of nitrogens with one attached hydrogen (secondary N) is 2. The zero-order valence-corrected chi connectivity index (χ0v) is 25.8. The maximum absolute atomic E-state index is 13.5. The molecule has 1 saturated heterocycles. The van der Waals surface area contributed by atoms with Crippen LogP contribution >= 0.6 is 0 Å². The highest BCUT2D eigenvalue weighted by atomic mass is 32.2. The van der Waals surface area contributed by atoms with E-state index in [2.05, 4.69) is 39.7 Å². The van der Waals surface area contributed by atoms with Crippen molar-refractivity contribution in [1.82, 2.24) is 14.6 Å². The van der Waals surface area contributed by atoms with E-state index >= 15 is 0 Å². The maximum Gasteiger partial charge on any atom is 0.253 e. The zero-order chi connectivity index (χ0) is 28.5. The molecule has 1 aliphatic heterocycles. The van der Waals surface area contributed by atoms with Gasteiger partial charge in [-0.2, -0.15) is 0 Å². The molecular weight excluding hydrogens is 522 g/mol. The first-order valence-electron chi connectivity index (χ1n) is 15.1. The third kappa shape index (κ3) is 6.62. The summed E-state index contributed by atoms with van der Waals surface area (Å²) in [6.45, 7) is 10.5. The Kier molecular flexibility index (Phi) is 9.03. The molecule has 1 aromatic heterocycles. The number of ether oxygens (including phenoxy) is 2. The predicted molar refractivity (Wildman–Crippen MR) is 160 cm³/mol. The molecule has 7 nitrogen and oxygen atoms in total. The maximum atomic E-state index is 13.5. The van der Waals surface area contributed by atoms with Gasteiger partial charge in [-0.05, 0) is 102 Å². The number of carbonyl (C=O) groups excluding carboxylic acids is 1. The number of hydrogen-bond donors (Lipinski definition) is 2. The molecule has 2 saturated carbocycles. The van der Waals surface area contributed by atoms with E-state index in [1.54, 1.807) is 7.11 Å². The van der Waals surface area contributed by atoms with Crippen molar-refractivity contribution in [3.63, 3.8) is 0 Å². The quantitative estimate of drug-likeness (QED) is 0.362. The number of rotatable bonds is 9. The van der Waals surface area contributed by atoms with Crippen LogP contribution in [0.2, 0.25) is 0 Å². The SMILES string of the molecule is COC1(c2cc(-c3cc(C(=O)NC4CCOCC4)c(C)n3CC3CCCCC3)ccc2[S+]([O-])NC(C)(C)C)CC1. The third-order valence-corrected chi connectivity index (χ3v) is 10.3. The van der Waals surface area contributed by atoms with Crippen molar-refractivity contribution in [3.8, 4) is 11.3 Å². The average Bonchev–Trinajstić information content (AvgIpc) is 3.67. The second-order valence-electron chi connectivity index (χ2n) is 13.0. The summed E-state index contributed by atoms with van der Waals surface area (Å²) >= 11 is -1.37. The fourth-order valence-electron chi connectivity index (χ4n) is 6.32. The van der Waals surface area contributed by atoms with Crippen LogP contribution in [0.25, 0.3) is 11.3 Å². The van der Waals surface area contributed by atoms with Crippen LogP contribution in [0.4, 0.5) is 0 Å². The molecule has 40 heavy (non-hydrogen) atoms. The van der Waals surface area contributed by atoms with Crippen molar-refractivity contribution in [2.24, 2.45) is 5.92 Å². The summed E-state index contributed by atoms with van der Waals surface area (Å²) in [5.74, 6) is 0.608. The Morgan fingerprint density at radius 3 is 2.45 bits per heavy atom. The lowest BCUT2D eigenvalue weighted by Crippen LogP contribution is -2.41. The van der Waals surface area contributed by atoms with Gasteiger partial charge in [0.05, 0.1) is 28.1 Å². The molecule has 2 N–H and O–H groups in total. The molecular formula is C32H47N3O4S. The molecule has 1 atom stereocenters. The fraction of sp³-hybridized carbons (Fsp3) is 0.656. The standard InChI is InChI=1S/C32H47N3O4S/c1-22-26(30(36)33-25-13-17-39-18-14-25)20-28(35(22)21-23-9-7-6-8-10-23)24-11-12-29(40(37)34-31(2,3)4)27(19-24)32(38-5)15-16-32/h11-12,19-20,23,25,34H,6-10,13-18,21H2,1-5H3,(H,33,36).